The zero-order chi connectivity index (χ0) is 14.6. The molecule has 0 fully saturated rings. The third-order valence-electron chi connectivity index (χ3n) is 3.17. The first-order valence-electron chi connectivity index (χ1n) is 6.96. The second-order valence-corrected chi connectivity index (χ2v) is 7.12. The lowest BCUT2D eigenvalue weighted by atomic mass is 9.99. The molecular formula is C15H23NO3S. The van der Waals surface area contributed by atoms with Crippen LogP contribution in [0.3, 0.4) is 0 Å². The molecule has 0 amide bonds. The van der Waals surface area contributed by atoms with Crippen molar-refractivity contribution >= 4 is 11.8 Å². The van der Waals surface area contributed by atoms with Gasteiger partial charge in [0.25, 0.3) is 0 Å². The Balaban J connectivity index is 2.01. The predicted molar refractivity (Wildman–Crippen MR) is 81.7 cm³/mol. The Morgan fingerprint density at radius 2 is 2.05 bits per heavy atom. The topological polar surface area (TPSA) is 64.7 Å². The summed E-state index contributed by atoms with van der Waals surface area (Å²) in [6, 6.07) is 6.03. The number of nitrogens with two attached hydrogens (primary N) is 1. The SMILES string of the molecule is CC(CC(C)(N)CO)Sc1ccc2c(c1)OCCCO2. The number of ether oxygens (including phenoxy) is 2. The molecule has 2 unspecified atom stereocenters. The monoisotopic (exact) mass is 297 g/mol. The zero-order valence-corrected chi connectivity index (χ0v) is 12.9. The first kappa shape index (κ1) is 15.5. The molecule has 2 atom stereocenters. The molecular weight excluding hydrogens is 274 g/mol. The largest absolute Gasteiger partial charge is 0.490 e. The Bertz CT molecular complexity index is 451. The van der Waals surface area contributed by atoms with E-state index in [1.165, 1.54) is 0 Å². The summed E-state index contributed by atoms with van der Waals surface area (Å²) in [6.45, 7) is 5.39. The number of benzene rings is 1. The van der Waals surface area contributed by atoms with Crippen molar-refractivity contribution in [3.05, 3.63) is 18.2 Å². The molecule has 0 aromatic heterocycles. The number of fused-ring (bicyclic) bond motifs is 1. The van der Waals surface area contributed by atoms with Gasteiger partial charge in [-0.2, -0.15) is 0 Å². The van der Waals surface area contributed by atoms with Crippen molar-refractivity contribution in [1.82, 2.24) is 0 Å². The maximum atomic E-state index is 9.23. The van der Waals surface area contributed by atoms with Crippen LogP contribution in [0.4, 0.5) is 0 Å². The maximum absolute atomic E-state index is 9.23. The molecule has 2 rings (SSSR count). The first-order valence-corrected chi connectivity index (χ1v) is 7.84. The maximum Gasteiger partial charge on any atom is 0.162 e. The summed E-state index contributed by atoms with van der Waals surface area (Å²) in [4.78, 5) is 1.13. The molecule has 20 heavy (non-hydrogen) atoms. The van der Waals surface area contributed by atoms with Crippen LogP contribution in [-0.4, -0.2) is 35.7 Å². The van der Waals surface area contributed by atoms with Crippen LogP contribution >= 0.6 is 11.8 Å². The smallest absolute Gasteiger partial charge is 0.162 e. The van der Waals surface area contributed by atoms with Gasteiger partial charge in [0.2, 0.25) is 0 Å². The van der Waals surface area contributed by atoms with E-state index >= 15 is 0 Å². The Morgan fingerprint density at radius 3 is 2.75 bits per heavy atom. The Kier molecular flexibility index (Phi) is 5.18. The van der Waals surface area contributed by atoms with E-state index in [-0.39, 0.29) is 6.61 Å². The van der Waals surface area contributed by atoms with Gasteiger partial charge in [-0.15, -0.1) is 11.8 Å². The van der Waals surface area contributed by atoms with Gasteiger partial charge in [-0.05, 0) is 31.5 Å². The molecule has 1 aliphatic rings. The van der Waals surface area contributed by atoms with Crippen LogP contribution in [-0.2, 0) is 0 Å². The van der Waals surface area contributed by atoms with Crippen molar-refractivity contribution in [2.45, 2.75) is 42.4 Å². The number of hydrogen-bond donors (Lipinski definition) is 2. The van der Waals surface area contributed by atoms with Gasteiger partial charge in [-0.1, -0.05) is 6.92 Å². The first-order chi connectivity index (χ1) is 9.50. The summed E-state index contributed by atoms with van der Waals surface area (Å²) in [7, 11) is 0. The van der Waals surface area contributed by atoms with Crippen LogP contribution in [0.5, 0.6) is 11.5 Å². The molecule has 4 nitrogen and oxygen atoms in total. The minimum absolute atomic E-state index is 0.000953. The van der Waals surface area contributed by atoms with Crippen molar-refractivity contribution in [1.29, 1.82) is 0 Å². The molecule has 0 radical (unpaired) electrons. The van der Waals surface area contributed by atoms with Gasteiger partial charge in [0, 0.05) is 22.1 Å². The normalized spacial score (nSPS) is 19.0. The third-order valence-corrected chi connectivity index (χ3v) is 4.27. The fourth-order valence-electron chi connectivity index (χ4n) is 2.21. The second kappa shape index (κ2) is 6.70. The van der Waals surface area contributed by atoms with Crippen molar-refractivity contribution in [3.8, 4) is 11.5 Å². The predicted octanol–water partition coefficient (Wildman–Crippen LogP) is 2.43. The molecule has 1 aromatic carbocycles. The lowest BCUT2D eigenvalue weighted by Crippen LogP contribution is -2.42. The van der Waals surface area contributed by atoms with Gasteiger partial charge >= 0.3 is 0 Å². The van der Waals surface area contributed by atoms with Crippen molar-refractivity contribution in [2.75, 3.05) is 19.8 Å². The highest BCUT2D eigenvalue weighted by atomic mass is 32.2. The second-order valence-electron chi connectivity index (χ2n) is 5.60. The minimum atomic E-state index is -0.530. The molecule has 1 heterocycles. The zero-order valence-electron chi connectivity index (χ0n) is 12.1. The third kappa shape index (κ3) is 4.30. The molecule has 0 aliphatic carbocycles. The van der Waals surface area contributed by atoms with E-state index in [1.54, 1.807) is 11.8 Å². The molecule has 3 N–H and O–H groups in total. The average molecular weight is 297 g/mol. The summed E-state index contributed by atoms with van der Waals surface area (Å²) in [5, 5.41) is 9.55. The van der Waals surface area contributed by atoms with Gasteiger partial charge in [0.15, 0.2) is 11.5 Å². The summed E-state index contributed by atoms with van der Waals surface area (Å²) >= 11 is 1.74. The lowest BCUT2D eigenvalue weighted by molar-refractivity contribution is 0.201. The standard InChI is InChI=1S/C15H23NO3S/c1-11(9-15(2,16)10-17)20-12-4-5-13-14(8-12)19-7-3-6-18-13/h4-5,8,11,17H,3,6-7,9-10,16H2,1-2H3. The van der Waals surface area contributed by atoms with Crippen LogP contribution < -0.4 is 15.2 Å². The number of aliphatic hydroxyl groups is 1. The van der Waals surface area contributed by atoms with Crippen LogP contribution in [0, 0.1) is 0 Å². The fourth-order valence-corrected chi connectivity index (χ4v) is 3.46. The summed E-state index contributed by atoms with van der Waals surface area (Å²) in [5.41, 5.74) is 5.46. The van der Waals surface area contributed by atoms with Crippen LogP contribution in [0.1, 0.15) is 26.7 Å². The average Bonchev–Trinajstić information content (AvgIpc) is 2.62. The number of aliphatic hydroxyl groups excluding tert-OH is 1. The summed E-state index contributed by atoms with van der Waals surface area (Å²) < 4.78 is 11.3. The van der Waals surface area contributed by atoms with E-state index in [9.17, 15) is 5.11 Å². The van der Waals surface area contributed by atoms with Crippen molar-refractivity contribution in [3.63, 3.8) is 0 Å². The highest BCUT2D eigenvalue weighted by molar-refractivity contribution is 8.00. The van der Waals surface area contributed by atoms with Crippen molar-refractivity contribution in [2.24, 2.45) is 5.73 Å². The van der Waals surface area contributed by atoms with Gasteiger partial charge in [-0.25, -0.2) is 0 Å². The lowest BCUT2D eigenvalue weighted by Gasteiger charge is -2.25. The minimum Gasteiger partial charge on any atom is -0.490 e. The highest BCUT2D eigenvalue weighted by Gasteiger charge is 2.21. The summed E-state index contributed by atoms with van der Waals surface area (Å²) in [6.07, 6.45) is 1.66. The highest BCUT2D eigenvalue weighted by Crippen LogP contribution is 2.36. The van der Waals surface area contributed by atoms with E-state index in [2.05, 4.69) is 6.92 Å². The molecule has 0 spiro atoms. The molecule has 1 aliphatic heterocycles. The number of rotatable bonds is 5. The number of hydrogen-bond acceptors (Lipinski definition) is 5. The molecule has 5 heteroatoms. The van der Waals surface area contributed by atoms with Gasteiger partial charge in [0.05, 0.1) is 19.8 Å². The van der Waals surface area contributed by atoms with Gasteiger partial charge in [0.1, 0.15) is 0 Å². The van der Waals surface area contributed by atoms with Gasteiger partial charge in [-0.3, -0.25) is 0 Å². The Hall–Kier alpha value is -0.910. The number of thioether (sulfide) groups is 1. The van der Waals surface area contributed by atoms with Crippen molar-refractivity contribution < 1.29 is 14.6 Å². The van der Waals surface area contributed by atoms with Crippen LogP contribution in [0.2, 0.25) is 0 Å². The molecule has 1 aromatic rings. The molecule has 0 bridgehead atoms. The van der Waals surface area contributed by atoms with Gasteiger partial charge < -0.3 is 20.3 Å². The van der Waals surface area contributed by atoms with Crippen LogP contribution in [0.15, 0.2) is 23.1 Å². The Labute approximate surface area is 124 Å². The Morgan fingerprint density at radius 1 is 1.35 bits per heavy atom. The quantitative estimate of drug-likeness (QED) is 0.817. The van der Waals surface area contributed by atoms with Crippen LogP contribution in [0.25, 0.3) is 0 Å². The fraction of sp³-hybridized carbons (Fsp3) is 0.600. The van der Waals surface area contributed by atoms with E-state index in [0.29, 0.717) is 18.5 Å². The van der Waals surface area contributed by atoms with E-state index in [4.69, 9.17) is 15.2 Å². The van der Waals surface area contributed by atoms with E-state index in [1.807, 2.05) is 25.1 Å². The molecule has 0 saturated heterocycles. The van der Waals surface area contributed by atoms with E-state index < -0.39 is 5.54 Å². The van der Waals surface area contributed by atoms with E-state index in [0.717, 1.165) is 29.2 Å². The molecule has 112 valence electrons. The summed E-state index contributed by atoms with van der Waals surface area (Å²) in [5.74, 6) is 1.64. The molecule has 0 saturated carbocycles.